The molecule has 0 saturated heterocycles. The van der Waals surface area contributed by atoms with Crippen LogP contribution in [0.3, 0.4) is 0 Å². The van der Waals surface area contributed by atoms with Gasteiger partial charge in [0.15, 0.2) is 0 Å². The van der Waals surface area contributed by atoms with Crippen molar-refractivity contribution >= 4 is 11.3 Å². The summed E-state index contributed by atoms with van der Waals surface area (Å²) in [5.74, 6) is 6.86. The van der Waals surface area contributed by atoms with Gasteiger partial charge in [-0.25, -0.2) is 0 Å². The van der Waals surface area contributed by atoms with Crippen LogP contribution in [-0.2, 0) is 13.0 Å². The molecule has 1 aromatic carbocycles. The molecular formula is C18H20O2S. The van der Waals surface area contributed by atoms with Gasteiger partial charge in [0.25, 0.3) is 0 Å². The first-order chi connectivity index (χ1) is 10.3. The van der Waals surface area contributed by atoms with E-state index in [0.717, 1.165) is 28.3 Å². The van der Waals surface area contributed by atoms with E-state index < -0.39 is 0 Å². The molecule has 2 nitrogen and oxygen atoms in total. The fraction of sp³-hybridized carbons (Fsp3) is 0.333. The van der Waals surface area contributed by atoms with Gasteiger partial charge in [-0.15, -0.1) is 11.3 Å². The average Bonchev–Trinajstić information content (AvgIpc) is 2.95. The summed E-state index contributed by atoms with van der Waals surface area (Å²) in [4.78, 5) is 2.17. The molecule has 0 bridgehead atoms. The maximum Gasteiger partial charge on any atom is 0.122 e. The summed E-state index contributed by atoms with van der Waals surface area (Å²) in [5, 5.41) is 8.69. The standard InChI is InChI=1S/C18H20O2S/c1-2-5-15-7-9-16(10-8-15)20-14-18-12-11-17(21-18)6-3-4-13-19/h7-12,19H,2,4-5,13-14H2,1H3. The molecule has 0 aliphatic heterocycles. The highest BCUT2D eigenvalue weighted by Crippen LogP contribution is 2.19. The Kier molecular flexibility index (Phi) is 6.33. The average molecular weight is 300 g/mol. The molecule has 0 aliphatic carbocycles. The van der Waals surface area contributed by atoms with Crippen LogP contribution in [0.1, 0.15) is 35.1 Å². The van der Waals surface area contributed by atoms with E-state index in [1.54, 1.807) is 11.3 Å². The molecule has 1 N–H and O–H groups in total. The van der Waals surface area contributed by atoms with Gasteiger partial charge in [0.05, 0.1) is 11.5 Å². The molecule has 3 heteroatoms. The van der Waals surface area contributed by atoms with Crippen molar-refractivity contribution in [3.63, 3.8) is 0 Å². The number of rotatable bonds is 6. The largest absolute Gasteiger partial charge is 0.488 e. The second-order valence-electron chi connectivity index (χ2n) is 4.72. The second kappa shape index (κ2) is 8.51. The van der Waals surface area contributed by atoms with Crippen LogP contribution in [0.25, 0.3) is 0 Å². The van der Waals surface area contributed by atoms with Crippen molar-refractivity contribution in [1.29, 1.82) is 0 Å². The Morgan fingerprint density at radius 1 is 1.14 bits per heavy atom. The van der Waals surface area contributed by atoms with Crippen molar-refractivity contribution in [2.24, 2.45) is 0 Å². The van der Waals surface area contributed by atoms with Crippen LogP contribution in [0.2, 0.25) is 0 Å². The first-order valence-corrected chi connectivity index (χ1v) is 8.03. The van der Waals surface area contributed by atoms with Gasteiger partial charge in [0.2, 0.25) is 0 Å². The zero-order valence-corrected chi connectivity index (χ0v) is 13.1. The number of aliphatic hydroxyl groups is 1. The number of aryl methyl sites for hydroxylation is 1. The SMILES string of the molecule is CCCc1ccc(OCc2ccc(C#CCCO)s2)cc1. The highest BCUT2D eigenvalue weighted by Gasteiger charge is 2.00. The molecule has 0 amide bonds. The summed E-state index contributed by atoms with van der Waals surface area (Å²) < 4.78 is 5.79. The number of hydrogen-bond acceptors (Lipinski definition) is 3. The molecule has 0 aliphatic rings. The highest BCUT2D eigenvalue weighted by molar-refractivity contribution is 7.12. The van der Waals surface area contributed by atoms with Crippen molar-refractivity contribution in [1.82, 2.24) is 0 Å². The summed E-state index contributed by atoms with van der Waals surface area (Å²) in [6, 6.07) is 12.3. The van der Waals surface area contributed by atoms with E-state index in [1.165, 1.54) is 5.56 Å². The number of thiophene rings is 1. The lowest BCUT2D eigenvalue weighted by atomic mass is 10.1. The Morgan fingerprint density at radius 2 is 1.95 bits per heavy atom. The van der Waals surface area contributed by atoms with E-state index in [4.69, 9.17) is 9.84 Å². The summed E-state index contributed by atoms with van der Waals surface area (Å²) in [6.45, 7) is 2.87. The molecule has 0 unspecified atom stereocenters. The van der Waals surface area contributed by atoms with Gasteiger partial charge >= 0.3 is 0 Å². The molecule has 110 valence electrons. The zero-order chi connectivity index (χ0) is 14.9. The predicted molar refractivity (Wildman–Crippen MR) is 87.7 cm³/mol. The second-order valence-corrected chi connectivity index (χ2v) is 5.89. The van der Waals surface area contributed by atoms with Gasteiger partial charge in [-0.1, -0.05) is 37.3 Å². The molecule has 0 saturated carbocycles. The van der Waals surface area contributed by atoms with Gasteiger partial charge in [-0.2, -0.15) is 0 Å². The summed E-state index contributed by atoms with van der Waals surface area (Å²) >= 11 is 1.63. The van der Waals surface area contributed by atoms with Crippen LogP contribution in [0.4, 0.5) is 0 Å². The Labute approximate surface area is 130 Å². The number of hydrogen-bond donors (Lipinski definition) is 1. The quantitative estimate of drug-likeness (QED) is 0.817. The fourth-order valence-corrected chi connectivity index (χ4v) is 2.72. The number of benzene rings is 1. The molecule has 1 heterocycles. The van der Waals surface area contributed by atoms with Crippen molar-refractivity contribution < 1.29 is 9.84 Å². The van der Waals surface area contributed by atoms with Crippen LogP contribution in [-0.4, -0.2) is 11.7 Å². The van der Waals surface area contributed by atoms with E-state index in [1.807, 2.05) is 24.3 Å². The first-order valence-electron chi connectivity index (χ1n) is 7.22. The third kappa shape index (κ3) is 5.26. The van der Waals surface area contributed by atoms with Crippen LogP contribution in [0, 0.1) is 11.8 Å². The third-order valence-electron chi connectivity index (χ3n) is 2.95. The summed E-state index contributed by atoms with van der Waals surface area (Å²) in [5.41, 5.74) is 1.35. The van der Waals surface area contributed by atoms with E-state index in [2.05, 4.69) is 30.9 Å². The van der Waals surface area contributed by atoms with Crippen LogP contribution in [0.5, 0.6) is 5.75 Å². The lowest BCUT2D eigenvalue weighted by Crippen LogP contribution is -1.93. The number of ether oxygens (including phenoxy) is 1. The smallest absolute Gasteiger partial charge is 0.122 e. The molecule has 0 spiro atoms. The van der Waals surface area contributed by atoms with Gasteiger partial charge in [0.1, 0.15) is 12.4 Å². The van der Waals surface area contributed by atoms with Crippen LogP contribution >= 0.6 is 11.3 Å². The molecule has 2 rings (SSSR count). The lowest BCUT2D eigenvalue weighted by molar-refractivity contribution is 0.305. The van der Waals surface area contributed by atoms with Crippen LogP contribution in [0.15, 0.2) is 36.4 Å². The highest BCUT2D eigenvalue weighted by atomic mass is 32.1. The minimum Gasteiger partial charge on any atom is -0.488 e. The molecule has 0 fully saturated rings. The topological polar surface area (TPSA) is 29.5 Å². The van der Waals surface area contributed by atoms with E-state index in [0.29, 0.717) is 13.0 Å². The Balaban J connectivity index is 1.87. The van der Waals surface area contributed by atoms with Crippen molar-refractivity contribution in [3.8, 4) is 17.6 Å². The Hall–Kier alpha value is -1.76. The summed E-state index contributed by atoms with van der Waals surface area (Å²) in [6.07, 6.45) is 2.80. The lowest BCUT2D eigenvalue weighted by Gasteiger charge is -2.05. The Morgan fingerprint density at radius 3 is 2.67 bits per heavy atom. The molecule has 2 aromatic rings. The number of aliphatic hydroxyl groups excluding tert-OH is 1. The molecule has 21 heavy (non-hydrogen) atoms. The van der Waals surface area contributed by atoms with Gasteiger partial charge in [-0.3, -0.25) is 0 Å². The normalized spacial score (nSPS) is 10.0. The first kappa shape index (κ1) is 15.6. The zero-order valence-electron chi connectivity index (χ0n) is 12.3. The van der Waals surface area contributed by atoms with E-state index in [-0.39, 0.29) is 6.61 Å². The van der Waals surface area contributed by atoms with Gasteiger partial charge < -0.3 is 9.84 Å². The predicted octanol–water partition coefficient (Wildman–Crippen LogP) is 4.01. The van der Waals surface area contributed by atoms with Crippen molar-refractivity contribution in [2.75, 3.05) is 6.61 Å². The maximum atomic E-state index is 8.69. The van der Waals surface area contributed by atoms with Crippen molar-refractivity contribution in [2.45, 2.75) is 32.8 Å². The molecule has 0 radical (unpaired) electrons. The monoisotopic (exact) mass is 300 g/mol. The van der Waals surface area contributed by atoms with Gasteiger partial charge in [0, 0.05) is 11.3 Å². The molecule has 0 atom stereocenters. The summed E-state index contributed by atoms with van der Waals surface area (Å²) in [7, 11) is 0. The molecular weight excluding hydrogens is 280 g/mol. The minimum absolute atomic E-state index is 0.113. The van der Waals surface area contributed by atoms with Crippen LogP contribution < -0.4 is 4.74 Å². The fourth-order valence-electron chi connectivity index (χ4n) is 1.92. The molecule has 1 aromatic heterocycles. The third-order valence-corrected chi connectivity index (χ3v) is 3.93. The Bertz CT molecular complexity index is 602. The maximum absolute atomic E-state index is 8.69. The van der Waals surface area contributed by atoms with Crippen molar-refractivity contribution in [3.05, 3.63) is 51.7 Å². The minimum atomic E-state index is 0.113. The van der Waals surface area contributed by atoms with E-state index >= 15 is 0 Å². The van der Waals surface area contributed by atoms with Gasteiger partial charge in [-0.05, 0) is 36.2 Å². The van der Waals surface area contributed by atoms with E-state index in [9.17, 15) is 0 Å².